The summed E-state index contributed by atoms with van der Waals surface area (Å²) in [4.78, 5) is 4.21. The van der Waals surface area contributed by atoms with Crippen molar-refractivity contribution in [2.45, 2.75) is 26.3 Å². The van der Waals surface area contributed by atoms with Crippen molar-refractivity contribution in [3.05, 3.63) is 64.7 Å². The number of guanidine groups is 1. The Morgan fingerprint density at radius 1 is 1.17 bits per heavy atom. The molecular weight excluding hydrogens is 388 g/mol. The van der Waals surface area contributed by atoms with Crippen molar-refractivity contribution in [3.8, 4) is 5.75 Å². The van der Waals surface area contributed by atoms with E-state index in [2.05, 4.69) is 21.7 Å². The van der Waals surface area contributed by atoms with Crippen LogP contribution in [0.1, 0.15) is 23.1 Å². The molecule has 1 saturated heterocycles. The summed E-state index contributed by atoms with van der Waals surface area (Å²) >= 11 is 0. The molecule has 3 rings (SSSR count). The van der Waals surface area contributed by atoms with Crippen LogP contribution < -0.4 is 15.4 Å². The van der Waals surface area contributed by atoms with E-state index in [0.717, 1.165) is 42.6 Å². The van der Waals surface area contributed by atoms with Gasteiger partial charge in [-0.1, -0.05) is 12.1 Å². The van der Waals surface area contributed by atoms with Crippen molar-refractivity contribution in [2.24, 2.45) is 10.9 Å². The molecule has 0 radical (unpaired) electrons. The van der Waals surface area contributed by atoms with E-state index in [1.54, 1.807) is 7.05 Å². The van der Waals surface area contributed by atoms with Crippen LogP contribution in [0.15, 0.2) is 41.4 Å². The maximum atomic E-state index is 13.3. The fourth-order valence-electron chi connectivity index (χ4n) is 3.34. The van der Waals surface area contributed by atoms with Crippen LogP contribution in [0.25, 0.3) is 0 Å². The molecule has 2 N–H and O–H groups in total. The lowest BCUT2D eigenvalue weighted by atomic mass is 10.1. The molecule has 0 amide bonds. The standard InChI is InChI=1S/C23H29F2N3O2/c1-16-3-4-19(22(9-16)30-15-18-6-8-29-14-18)13-28-23(26-2)27-7-5-17-10-20(24)12-21(25)11-17/h3-4,9-12,18H,5-8,13-15H2,1-2H3,(H2,26,27,28). The van der Waals surface area contributed by atoms with E-state index >= 15 is 0 Å². The minimum atomic E-state index is -0.566. The van der Waals surface area contributed by atoms with Crippen LogP contribution in [0.4, 0.5) is 8.78 Å². The number of benzene rings is 2. The molecule has 1 fully saturated rings. The van der Waals surface area contributed by atoms with Gasteiger partial charge in [-0.2, -0.15) is 0 Å². The molecule has 162 valence electrons. The van der Waals surface area contributed by atoms with Gasteiger partial charge >= 0.3 is 0 Å². The summed E-state index contributed by atoms with van der Waals surface area (Å²) < 4.78 is 38.1. The lowest BCUT2D eigenvalue weighted by Crippen LogP contribution is -2.38. The van der Waals surface area contributed by atoms with Crippen molar-refractivity contribution in [3.63, 3.8) is 0 Å². The van der Waals surface area contributed by atoms with E-state index in [1.165, 1.54) is 12.1 Å². The predicted octanol–water partition coefficient (Wildman–Crippen LogP) is 3.60. The smallest absolute Gasteiger partial charge is 0.191 e. The second-order valence-corrected chi connectivity index (χ2v) is 7.53. The zero-order valence-corrected chi connectivity index (χ0v) is 17.5. The minimum Gasteiger partial charge on any atom is -0.493 e. The zero-order chi connectivity index (χ0) is 21.3. The van der Waals surface area contributed by atoms with Crippen LogP contribution in [-0.4, -0.2) is 39.4 Å². The van der Waals surface area contributed by atoms with Crippen LogP contribution in [0.3, 0.4) is 0 Å². The number of rotatable bonds is 8. The van der Waals surface area contributed by atoms with E-state index in [0.29, 0.717) is 43.6 Å². The van der Waals surface area contributed by atoms with Crippen LogP contribution >= 0.6 is 0 Å². The van der Waals surface area contributed by atoms with Gasteiger partial charge in [-0.25, -0.2) is 8.78 Å². The second-order valence-electron chi connectivity index (χ2n) is 7.53. The van der Waals surface area contributed by atoms with Gasteiger partial charge in [-0.3, -0.25) is 4.99 Å². The molecule has 2 aromatic rings. The van der Waals surface area contributed by atoms with Gasteiger partial charge in [0.1, 0.15) is 17.4 Å². The van der Waals surface area contributed by atoms with Crippen LogP contribution in [0.5, 0.6) is 5.75 Å². The number of aliphatic imine (C=N–C) groups is 1. The quantitative estimate of drug-likeness (QED) is 0.509. The monoisotopic (exact) mass is 417 g/mol. The summed E-state index contributed by atoms with van der Waals surface area (Å²) in [6, 6.07) is 9.70. The first-order valence-corrected chi connectivity index (χ1v) is 10.2. The molecule has 1 aliphatic rings. The molecule has 1 atom stereocenters. The Morgan fingerprint density at radius 2 is 1.97 bits per heavy atom. The third-order valence-corrected chi connectivity index (χ3v) is 5.02. The highest BCUT2D eigenvalue weighted by Crippen LogP contribution is 2.22. The van der Waals surface area contributed by atoms with Gasteiger partial charge in [-0.15, -0.1) is 0 Å². The van der Waals surface area contributed by atoms with E-state index in [4.69, 9.17) is 9.47 Å². The fourth-order valence-corrected chi connectivity index (χ4v) is 3.34. The molecule has 0 aliphatic carbocycles. The van der Waals surface area contributed by atoms with Gasteiger partial charge < -0.3 is 20.1 Å². The number of halogens is 2. The first kappa shape index (κ1) is 22.0. The molecule has 0 saturated carbocycles. The topological polar surface area (TPSA) is 54.9 Å². The fraction of sp³-hybridized carbons (Fsp3) is 0.435. The second kappa shape index (κ2) is 10.9. The lowest BCUT2D eigenvalue weighted by Gasteiger charge is -2.17. The van der Waals surface area contributed by atoms with E-state index in [1.807, 2.05) is 19.1 Å². The number of ether oxygens (including phenoxy) is 2. The summed E-state index contributed by atoms with van der Waals surface area (Å²) in [7, 11) is 1.68. The highest BCUT2D eigenvalue weighted by atomic mass is 19.1. The molecule has 7 heteroatoms. The molecule has 0 spiro atoms. The first-order valence-electron chi connectivity index (χ1n) is 10.2. The SMILES string of the molecule is CN=C(NCCc1cc(F)cc(F)c1)NCc1ccc(C)cc1OCC1CCOC1. The highest BCUT2D eigenvalue weighted by Gasteiger charge is 2.17. The summed E-state index contributed by atoms with van der Waals surface area (Å²) in [6.07, 6.45) is 1.52. The predicted molar refractivity (Wildman–Crippen MR) is 114 cm³/mol. The van der Waals surface area contributed by atoms with Crippen LogP contribution in [0, 0.1) is 24.5 Å². The summed E-state index contributed by atoms with van der Waals surface area (Å²) in [5.74, 6) is 0.781. The summed E-state index contributed by atoms with van der Waals surface area (Å²) in [5, 5.41) is 6.44. The molecule has 1 heterocycles. The highest BCUT2D eigenvalue weighted by molar-refractivity contribution is 5.79. The van der Waals surface area contributed by atoms with Crippen molar-refractivity contribution < 1.29 is 18.3 Å². The Morgan fingerprint density at radius 3 is 2.67 bits per heavy atom. The summed E-state index contributed by atoms with van der Waals surface area (Å²) in [6.45, 7) is 5.30. The molecule has 1 aliphatic heterocycles. The summed E-state index contributed by atoms with van der Waals surface area (Å²) in [5.41, 5.74) is 2.77. The molecule has 1 unspecified atom stereocenters. The number of hydrogen-bond donors (Lipinski definition) is 2. The Labute approximate surface area is 176 Å². The normalized spacial score (nSPS) is 16.5. The number of nitrogens with zero attached hydrogens (tertiary/aromatic N) is 1. The molecule has 2 aromatic carbocycles. The van der Waals surface area contributed by atoms with E-state index in [-0.39, 0.29) is 0 Å². The van der Waals surface area contributed by atoms with Crippen LogP contribution in [0.2, 0.25) is 0 Å². The van der Waals surface area contributed by atoms with Gasteiger partial charge in [-0.05, 0) is 49.1 Å². The molecule has 30 heavy (non-hydrogen) atoms. The van der Waals surface area contributed by atoms with Crippen molar-refractivity contribution in [2.75, 3.05) is 33.4 Å². The Bertz CT molecular complexity index is 847. The first-order chi connectivity index (χ1) is 14.5. The maximum absolute atomic E-state index is 13.3. The Hall–Kier alpha value is -2.67. The maximum Gasteiger partial charge on any atom is 0.191 e. The zero-order valence-electron chi connectivity index (χ0n) is 17.5. The average molecular weight is 418 g/mol. The largest absolute Gasteiger partial charge is 0.493 e. The van der Waals surface area contributed by atoms with Gasteiger partial charge in [0.25, 0.3) is 0 Å². The third kappa shape index (κ3) is 6.69. The molecule has 0 aromatic heterocycles. The van der Waals surface area contributed by atoms with Crippen molar-refractivity contribution >= 4 is 5.96 Å². The van der Waals surface area contributed by atoms with E-state index in [9.17, 15) is 8.78 Å². The van der Waals surface area contributed by atoms with Crippen molar-refractivity contribution in [1.82, 2.24) is 10.6 Å². The minimum absolute atomic E-state index is 0.438. The van der Waals surface area contributed by atoms with Gasteiger partial charge in [0.05, 0.1) is 13.2 Å². The number of nitrogens with one attached hydrogen (secondary N) is 2. The Balaban J connectivity index is 1.51. The van der Waals surface area contributed by atoms with Crippen molar-refractivity contribution in [1.29, 1.82) is 0 Å². The lowest BCUT2D eigenvalue weighted by molar-refractivity contribution is 0.166. The van der Waals surface area contributed by atoms with Gasteiger partial charge in [0.15, 0.2) is 5.96 Å². The van der Waals surface area contributed by atoms with Gasteiger partial charge in [0.2, 0.25) is 0 Å². The van der Waals surface area contributed by atoms with Crippen LogP contribution in [-0.2, 0) is 17.7 Å². The molecular formula is C23H29F2N3O2. The number of aryl methyl sites for hydroxylation is 1. The van der Waals surface area contributed by atoms with E-state index < -0.39 is 11.6 Å². The third-order valence-electron chi connectivity index (χ3n) is 5.02. The van der Waals surface area contributed by atoms with Gasteiger partial charge in [0, 0.05) is 44.3 Å². The molecule has 5 nitrogen and oxygen atoms in total. The Kier molecular flexibility index (Phi) is 8.02. The average Bonchev–Trinajstić information content (AvgIpc) is 3.23. The molecule has 0 bridgehead atoms. The number of hydrogen-bond acceptors (Lipinski definition) is 3.